The first kappa shape index (κ1) is 19.8. The second-order valence-corrected chi connectivity index (χ2v) is 7.72. The van der Waals surface area contributed by atoms with Gasteiger partial charge in [-0.2, -0.15) is 0 Å². The SMILES string of the molecule is CC1=C(C(N)=O)SC(n2ccc(OCc3ccccc3)cc2=O)N1Cc1ncco1. The summed E-state index contributed by atoms with van der Waals surface area (Å²) in [4.78, 5) is 31.1. The molecule has 0 radical (unpaired) electrons. The Morgan fingerprint density at radius 2 is 2.10 bits per heavy atom. The van der Waals surface area contributed by atoms with Gasteiger partial charge in [0.15, 0.2) is 5.50 Å². The fourth-order valence-electron chi connectivity index (χ4n) is 3.15. The number of oxazole rings is 1. The summed E-state index contributed by atoms with van der Waals surface area (Å²) in [5.74, 6) is 0.414. The Labute approximate surface area is 177 Å². The molecule has 0 fully saturated rings. The van der Waals surface area contributed by atoms with Crippen LogP contribution in [0.3, 0.4) is 0 Å². The van der Waals surface area contributed by atoms with Gasteiger partial charge >= 0.3 is 0 Å². The Kier molecular flexibility index (Phi) is 5.62. The van der Waals surface area contributed by atoms with Gasteiger partial charge in [0.1, 0.15) is 18.6 Å². The highest BCUT2D eigenvalue weighted by atomic mass is 32.2. The van der Waals surface area contributed by atoms with Crippen molar-refractivity contribution in [3.8, 4) is 5.75 Å². The molecule has 9 heteroatoms. The summed E-state index contributed by atoms with van der Waals surface area (Å²) in [6.07, 6.45) is 4.68. The maximum absolute atomic E-state index is 12.8. The number of carbonyl (C=O) groups excluding carboxylic acids is 1. The van der Waals surface area contributed by atoms with Crippen LogP contribution in [0, 0.1) is 0 Å². The molecule has 2 N–H and O–H groups in total. The zero-order chi connectivity index (χ0) is 21.1. The van der Waals surface area contributed by atoms with Crippen molar-refractivity contribution >= 4 is 17.7 Å². The molecule has 0 spiro atoms. The van der Waals surface area contributed by atoms with Crippen LogP contribution < -0.4 is 16.0 Å². The minimum Gasteiger partial charge on any atom is -0.489 e. The van der Waals surface area contributed by atoms with Crippen LogP contribution >= 0.6 is 11.8 Å². The van der Waals surface area contributed by atoms with Gasteiger partial charge in [0.2, 0.25) is 5.89 Å². The van der Waals surface area contributed by atoms with E-state index in [-0.39, 0.29) is 5.56 Å². The van der Waals surface area contributed by atoms with Crippen molar-refractivity contribution in [2.45, 2.75) is 25.6 Å². The average Bonchev–Trinajstić information content (AvgIpc) is 3.36. The lowest BCUT2D eigenvalue weighted by Gasteiger charge is -2.27. The van der Waals surface area contributed by atoms with Crippen molar-refractivity contribution in [3.05, 3.63) is 93.5 Å². The van der Waals surface area contributed by atoms with Gasteiger partial charge in [-0.3, -0.25) is 14.2 Å². The molecule has 1 aliphatic heterocycles. The smallest absolute Gasteiger partial charge is 0.257 e. The van der Waals surface area contributed by atoms with E-state index >= 15 is 0 Å². The Morgan fingerprint density at radius 3 is 2.77 bits per heavy atom. The van der Waals surface area contributed by atoms with Crippen LogP contribution in [0.15, 0.2) is 80.9 Å². The number of aromatic nitrogens is 2. The number of benzene rings is 1. The number of allylic oxidation sites excluding steroid dienone is 1. The molecule has 1 aromatic carbocycles. The van der Waals surface area contributed by atoms with Crippen molar-refractivity contribution in [1.82, 2.24) is 14.5 Å². The quantitative estimate of drug-likeness (QED) is 0.622. The molecule has 0 saturated carbocycles. The molecule has 1 unspecified atom stereocenters. The first-order valence-electron chi connectivity index (χ1n) is 9.24. The number of thioether (sulfide) groups is 1. The molecule has 4 rings (SSSR count). The highest BCUT2D eigenvalue weighted by Crippen LogP contribution is 2.44. The van der Waals surface area contributed by atoms with Crippen LogP contribution in [0.5, 0.6) is 5.75 Å². The molecular weight excluding hydrogens is 404 g/mol. The third-order valence-corrected chi connectivity index (χ3v) is 6.09. The number of hydrogen-bond acceptors (Lipinski definition) is 7. The lowest BCUT2D eigenvalue weighted by Crippen LogP contribution is -2.32. The molecule has 1 aliphatic rings. The van der Waals surface area contributed by atoms with E-state index in [9.17, 15) is 9.59 Å². The van der Waals surface area contributed by atoms with E-state index in [1.165, 1.54) is 28.7 Å². The van der Waals surface area contributed by atoms with E-state index in [0.717, 1.165) is 5.56 Å². The summed E-state index contributed by atoms with van der Waals surface area (Å²) in [6.45, 7) is 2.45. The summed E-state index contributed by atoms with van der Waals surface area (Å²) in [5.41, 5.74) is 6.47. The molecule has 0 saturated heterocycles. The first-order chi connectivity index (χ1) is 14.5. The van der Waals surface area contributed by atoms with Crippen LogP contribution in [0.2, 0.25) is 0 Å². The van der Waals surface area contributed by atoms with E-state index < -0.39 is 11.4 Å². The summed E-state index contributed by atoms with van der Waals surface area (Å²) in [7, 11) is 0. The summed E-state index contributed by atoms with van der Waals surface area (Å²) < 4.78 is 12.6. The van der Waals surface area contributed by atoms with Gasteiger partial charge in [0, 0.05) is 18.0 Å². The normalized spacial score (nSPS) is 16.2. The third kappa shape index (κ3) is 4.11. The van der Waals surface area contributed by atoms with E-state index in [1.54, 1.807) is 25.4 Å². The number of pyridine rings is 1. The Hall–Kier alpha value is -3.46. The minimum absolute atomic E-state index is 0.256. The number of rotatable bonds is 7. The summed E-state index contributed by atoms with van der Waals surface area (Å²) >= 11 is 1.22. The van der Waals surface area contributed by atoms with Crippen LogP contribution in [0.4, 0.5) is 0 Å². The lowest BCUT2D eigenvalue weighted by atomic mass is 10.2. The molecule has 1 atom stereocenters. The standard InChI is InChI=1S/C21H20N4O4S/c1-14-19(20(22)27)30-21(25(14)12-17-23-8-10-28-17)24-9-7-16(11-18(24)26)29-13-15-5-3-2-4-6-15/h2-11,21H,12-13H2,1H3,(H2,22,27). The van der Waals surface area contributed by atoms with E-state index in [1.807, 2.05) is 35.2 Å². The maximum Gasteiger partial charge on any atom is 0.257 e. The molecule has 1 amide bonds. The number of amides is 1. The van der Waals surface area contributed by atoms with Crippen molar-refractivity contribution in [1.29, 1.82) is 0 Å². The Morgan fingerprint density at radius 1 is 1.30 bits per heavy atom. The molecule has 154 valence electrons. The fourth-order valence-corrected chi connectivity index (χ4v) is 4.41. The molecule has 0 bridgehead atoms. The number of nitrogens with zero attached hydrogens (tertiary/aromatic N) is 3. The Bertz CT molecular complexity index is 1130. The molecular formula is C21H20N4O4S. The second kappa shape index (κ2) is 8.50. The number of primary amides is 1. The number of ether oxygens (including phenoxy) is 1. The van der Waals surface area contributed by atoms with Crippen molar-refractivity contribution < 1.29 is 13.9 Å². The minimum atomic E-state index is -0.534. The molecule has 3 aromatic rings. The van der Waals surface area contributed by atoms with Gasteiger partial charge in [-0.05, 0) is 18.6 Å². The highest BCUT2D eigenvalue weighted by molar-refractivity contribution is 8.04. The van der Waals surface area contributed by atoms with Gasteiger partial charge in [0.25, 0.3) is 11.5 Å². The molecule has 2 aromatic heterocycles. The lowest BCUT2D eigenvalue weighted by molar-refractivity contribution is -0.114. The van der Waals surface area contributed by atoms with E-state index in [0.29, 0.717) is 35.4 Å². The number of hydrogen-bond donors (Lipinski definition) is 1. The van der Waals surface area contributed by atoms with Crippen LogP contribution in [0.1, 0.15) is 23.9 Å². The Balaban J connectivity index is 1.57. The number of nitrogens with two attached hydrogens (primary N) is 1. The van der Waals surface area contributed by atoms with Crippen molar-refractivity contribution in [2.24, 2.45) is 5.73 Å². The largest absolute Gasteiger partial charge is 0.489 e. The predicted octanol–water partition coefficient (Wildman–Crippen LogP) is 2.84. The zero-order valence-electron chi connectivity index (χ0n) is 16.2. The molecule has 8 nitrogen and oxygen atoms in total. The summed E-state index contributed by atoms with van der Waals surface area (Å²) in [5, 5.41) is 0. The monoisotopic (exact) mass is 424 g/mol. The van der Waals surface area contributed by atoms with Crippen molar-refractivity contribution in [2.75, 3.05) is 0 Å². The zero-order valence-corrected chi connectivity index (χ0v) is 17.0. The van der Waals surface area contributed by atoms with Gasteiger partial charge in [-0.15, -0.1) is 0 Å². The molecule has 30 heavy (non-hydrogen) atoms. The van der Waals surface area contributed by atoms with Crippen molar-refractivity contribution in [3.63, 3.8) is 0 Å². The van der Waals surface area contributed by atoms with E-state index in [2.05, 4.69) is 4.98 Å². The predicted molar refractivity (Wildman–Crippen MR) is 112 cm³/mol. The van der Waals surface area contributed by atoms with Crippen LogP contribution in [-0.4, -0.2) is 20.4 Å². The first-order valence-corrected chi connectivity index (χ1v) is 10.1. The highest BCUT2D eigenvalue weighted by Gasteiger charge is 2.35. The summed E-state index contributed by atoms with van der Waals surface area (Å²) in [6, 6.07) is 12.9. The van der Waals surface area contributed by atoms with Gasteiger partial charge in [-0.1, -0.05) is 42.1 Å². The maximum atomic E-state index is 12.8. The molecule has 0 aliphatic carbocycles. The second-order valence-electron chi connectivity index (χ2n) is 6.66. The average molecular weight is 424 g/mol. The van der Waals surface area contributed by atoms with Gasteiger partial charge < -0.3 is 19.8 Å². The molecule has 3 heterocycles. The van der Waals surface area contributed by atoms with Gasteiger partial charge in [-0.25, -0.2) is 4.98 Å². The number of carbonyl (C=O) groups is 1. The van der Waals surface area contributed by atoms with Crippen LogP contribution in [-0.2, 0) is 17.9 Å². The van der Waals surface area contributed by atoms with Gasteiger partial charge in [0.05, 0.1) is 17.6 Å². The van der Waals surface area contributed by atoms with Crippen LogP contribution in [0.25, 0.3) is 0 Å². The van der Waals surface area contributed by atoms with E-state index in [4.69, 9.17) is 14.9 Å². The third-order valence-electron chi connectivity index (χ3n) is 4.67. The fraction of sp³-hybridized carbons (Fsp3) is 0.190. The topological polar surface area (TPSA) is 104 Å².